The predicted molar refractivity (Wildman–Crippen MR) is 47.6 cm³/mol. The van der Waals surface area contributed by atoms with Crippen molar-refractivity contribution in [3.8, 4) is 0 Å². The molecule has 0 aromatic rings. The van der Waals surface area contributed by atoms with Crippen LogP contribution in [0, 0.1) is 5.92 Å². The second-order valence-electron chi connectivity index (χ2n) is 4.33. The van der Waals surface area contributed by atoms with Crippen molar-refractivity contribution in [3.63, 3.8) is 0 Å². The van der Waals surface area contributed by atoms with Gasteiger partial charge in [-0.05, 0) is 38.1 Å². The van der Waals surface area contributed by atoms with E-state index in [1.807, 2.05) is 0 Å². The second-order valence-corrected chi connectivity index (χ2v) is 4.33. The molecular weight excluding hydrogens is 134 g/mol. The summed E-state index contributed by atoms with van der Waals surface area (Å²) in [4.78, 5) is 2.72. The zero-order valence-corrected chi connectivity index (χ0v) is 7.55. The quantitative estimate of drug-likeness (QED) is 0.516. The third-order valence-electron chi connectivity index (χ3n) is 3.29. The molecule has 0 N–H and O–H groups in total. The highest BCUT2D eigenvalue weighted by atomic mass is 15.2. The molecule has 0 aromatic carbocycles. The smallest absolute Gasteiger partial charge is 0.00954 e. The Morgan fingerprint density at radius 2 is 2.00 bits per heavy atom. The van der Waals surface area contributed by atoms with Gasteiger partial charge in [0.2, 0.25) is 0 Å². The maximum absolute atomic E-state index is 2.72. The molecule has 2 aliphatic heterocycles. The van der Waals surface area contributed by atoms with Gasteiger partial charge in [-0.2, -0.15) is 0 Å². The first-order valence-corrected chi connectivity index (χ1v) is 5.10. The van der Waals surface area contributed by atoms with Crippen LogP contribution >= 0.6 is 0 Å². The number of rotatable bonds is 0. The molecule has 0 spiro atoms. The van der Waals surface area contributed by atoms with E-state index in [-0.39, 0.29) is 0 Å². The van der Waals surface area contributed by atoms with Crippen LogP contribution in [0.3, 0.4) is 0 Å². The average Bonchev–Trinajstić information content (AvgIpc) is 2.04. The first-order valence-electron chi connectivity index (χ1n) is 5.10. The van der Waals surface area contributed by atoms with E-state index in [0.717, 1.165) is 12.0 Å². The van der Waals surface area contributed by atoms with Gasteiger partial charge in [-0.25, -0.2) is 0 Å². The monoisotopic (exact) mass is 153 g/mol. The minimum atomic E-state index is 0.962. The van der Waals surface area contributed by atoms with Crippen molar-refractivity contribution in [1.82, 2.24) is 4.90 Å². The van der Waals surface area contributed by atoms with E-state index in [9.17, 15) is 0 Å². The van der Waals surface area contributed by atoms with Crippen molar-refractivity contribution in [2.24, 2.45) is 5.92 Å². The van der Waals surface area contributed by atoms with E-state index in [4.69, 9.17) is 0 Å². The van der Waals surface area contributed by atoms with E-state index >= 15 is 0 Å². The highest BCUT2D eigenvalue weighted by Gasteiger charge is 2.27. The van der Waals surface area contributed by atoms with Gasteiger partial charge >= 0.3 is 0 Å². The SMILES string of the molecule is C[C@H]1CC[C@@H]2CCCCN2C1. The van der Waals surface area contributed by atoms with Crippen molar-refractivity contribution >= 4 is 0 Å². The lowest BCUT2D eigenvalue weighted by molar-refractivity contribution is 0.0808. The lowest BCUT2D eigenvalue weighted by atomic mass is 9.88. The molecule has 0 saturated carbocycles. The summed E-state index contributed by atoms with van der Waals surface area (Å²) in [5.41, 5.74) is 0. The molecule has 2 heterocycles. The summed E-state index contributed by atoms with van der Waals surface area (Å²) in [5, 5.41) is 0. The van der Waals surface area contributed by atoms with Crippen molar-refractivity contribution in [3.05, 3.63) is 0 Å². The van der Waals surface area contributed by atoms with Gasteiger partial charge in [0.15, 0.2) is 0 Å². The molecule has 11 heavy (non-hydrogen) atoms. The summed E-state index contributed by atoms with van der Waals surface area (Å²) in [6.07, 6.45) is 7.35. The minimum Gasteiger partial charge on any atom is -0.300 e. The Morgan fingerprint density at radius 1 is 1.09 bits per heavy atom. The molecule has 1 heteroatoms. The number of fused-ring (bicyclic) bond motifs is 1. The van der Waals surface area contributed by atoms with Gasteiger partial charge < -0.3 is 4.90 Å². The zero-order valence-electron chi connectivity index (χ0n) is 7.55. The normalized spacial score (nSPS) is 40.1. The molecule has 0 bridgehead atoms. The van der Waals surface area contributed by atoms with Gasteiger partial charge in [-0.3, -0.25) is 0 Å². The van der Waals surface area contributed by atoms with Crippen molar-refractivity contribution in [1.29, 1.82) is 0 Å². The lowest BCUT2D eigenvalue weighted by Crippen LogP contribution is -2.45. The molecule has 0 unspecified atom stereocenters. The first-order chi connectivity index (χ1) is 5.36. The van der Waals surface area contributed by atoms with Gasteiger partial charge in [-0.15, -0.1) is 0 Å². The lowest BCUT2D eigenvalue weighted by Gasteiger charge is -2.41. The molecule has 2 fully saturated rings. The van der Waals surface area contributed by atoms with Crippen LogP contribution in [0.15, 0.2) is 0 Å². The third kappa shape index (κ3) is 1.58. The Morgan fingerprint density at radius 3 is 2.91 bits per heavy atom. The third-order valence-corrected chi connectivity index (χ3v) is 3.29. The van der Waals surface area contributed by atoms with E-state index < -0.39 is 0 Å². The van der Waals surface area contributed by atoms with E-state index in [0.29, 0.717) is 0 Å². The number of hydrogen-bond acceptors (Lipinski definition) is 1. The maximum Gasteiger partial charge on any atom is 0.00954 e. The Bertz CT molecular complexity index is 133. The molecule has 0 aromatic heterocycles. The molecule has 64 valence electrons. The summed E-state index contributed by atoms with van der Waals surface area (Å²) in [5.74, 6) is 0.962. The molecule has 2 rings (SSSR count). The van der Waals surface area contributed by atoms with Gasteiger partial charge in [0, 0.05) is 12.6 Å². The Hall–Kier alpha value is -0.0400. The van der Waals surface area contributed by atoms with E-state index in [2.05, 4.69) is 11.8 Å². The van der Waals surface area contributed by atoms with Crippen LogP contribution < -0.4 is 0 Å². The Labute approximate surface area is 69.8 Å². The fraction of sp³-hybridized carbons (Fsp3) is 1.00. The first kappa shape index (κ1) is 7.60. The summed E-state index contributed by atoms with van der Waals surface area (Å²) in [7, 11) is 0. The summed E-state index contributed by atoms with van der Waals surface area (Å²) < 4.78 is 0. The molecular formula is C10H19N. The van der Waals surface area contributed by atoms with Gasteiger partial charge in [-0.1, -0.05) is 13.3 Å². The number of hydrogen-bond donors (Lipinski definition) is 0. The van der Waals surface area contributed by atoms with Crippen molar-refractivity contribution in [2.45, 2.75) is 45.1 Å². The predicted octanol–water partition coefficient (Wildman–Crippen LogP) is 2.27. The van der Waals surface area contributed by atoms with Crippen LogP contribution in [0.4, 0.5) is 0 Å². The molecule has 2 atom stereocenters. The highest BCUT2D eigenvalue weighted by Crippen LogP contribution is 2.28. The van der Waals surface area contributed by atoms with Crippen LogP contribution in [0.25, 0.3) is 0 Å². The summed E-state index contributed by atoms with van der Waals surface area (Å²) >= 11 is 0. The van der Waals surface area contributed by atoms with Crippen LogP contribution in [-0.4, -0.2) is 24.0 Å². The molecule has 2 aliphatic rings. The second kappa shape index (κ2) is 3.14. The number of piperidine rings is 2. The topological polar surface area (TPSA) is 3.24 Å². The molecule has 0 amide bonds. The summed E-state index contributed by atoms with van der Waals surface area (Å²) in [6, 6.07) is 0.972. The van der Waals surface area contributed by atoms with Gasteiger partial charge in [0.05, 0.1) is 0 Å². The molecule has 0 aliphatic carbocycles. The average molecular weight is 153 g/mol. The fourth-order valence-corrected chi connectivity index (χ4v) is 2.60. The Kier molecular flexibility index (Phi) is 2.17. The van der Waals surface area contributed by atoms with Crippen LogP contribution in [0.1, 0.15) is 39.0 Å². The summed E-state index contributed by atoms with van der Waals surface area (Å²) in [6.45, 7) is 5.16. The van der Waals surface area contributed by atoms with Crippen LogP contribution in [0.2, 0.25) is 0 Å². The molecule has 2 saturated heterocycles. The van der Waals surface area contributed by atoms with Gasteiger partial charge in [0.25, 0.3) is 0 Å². The maximum atomic E-state index is 2.72. The Balaban J connectivity index is 1.93. The van der Waals surface area contributed by atoms with E-state index in [1.165, 1.54) is 45.2 Å². The largest absolute Gasteiger partial charge is 0.300 e. The standard InChI is InChI=1S/C10H19N/c1-9-5-6-10-4-2-3-7-11(10)8-9/h9-10H,2-8H2,1H3/t9-,10-/m0/s1. The molecule has 0 radical (unpaired) electrons. The van der Waals surface area contributed by atoms with Crippen LogP contribution in [-0.2, 0) is 0 Å². The zero-order chi connectivity index (χ0) is 7.68. The number of nitrogens with zero attached hydrogens (tertiary/aromatic N) is 1. The van der Waals surface area contributed by atoms with Gasteiger partial charge in [0.1, 0.15) is 0 Å². The minimum absolute atomic E-state index is 0.962. The van der Waals surface area contributed by atoms with Crippen molar-refractivity contribution < 1.29 is 0 Å². The molecule has 1 nitrogen and oxygen atoms in total. The van der Waals surface area contributed by atoms with Crippen molar-refractivity contribution in [2.75, 3.05) is 13.1 Å². The highest BCUT2D eigenvalue weighted by molar-refractivity contribution is 4.82. The van der Waals surface area contributed by atoms with E-state index in [1.54, 1.807) is 0 Å². The van der Waals surface area contributed by atoms with Crippen LogP contribution in [0.5, 0.6) is 0 Å². The fourth-order valence-electron chi connectivity index (χ4n) is 2.60.